The minimum atomic E-state index is -0.865. The Kier molecular flexibility index (Phi) is 3.93. The van der Waals surface area contributed by atoms with Gasteiger partial charge in [-0.05, 0) is 20.3 Å². The van der Waals surface area contributed by atoms with Gasteiger partial charge in [-0.15, -0.1) is 0 Å². The van der Waals surface area contributed by atoms with Crippen LogP contribution in [0.25, 0.3) is 0 Å². The quantitative estimate of drug-likeness (QED) is 0.829. The lowest BCUT2D eigenvalue weighted by Crippen LogP contribution is -2.07. The van der Waals surface area contributed by atoms with Crippen molar-refractivity contribution in [1.82, 2.24) is 9.78 Å². The highest BCUT2D eigenvalue weighted by molar-refractivity contribution is 5.71. The summed E-state index contributed by atoms with van der Waals surface area (Å²) in [6, 6.07) is 0.155. The number of aliphatic carboxylic acids is 1. The largest absolute Gasteiger partial charge is 0.481 e. The van der Waals surface area contributed by atoms with Crippen molar-refractivity contribution in [3.05, 3.63) is 11.3 Å². The lowest BCUT2D eigenvalue weighted by atomic mass is 10.1. The molecule has 0 bridgehead atoms. The van der Waals surface area contributed by atoms with Gasteiger partial charge in [0.2, 0.25) is 5.88 Å². The van der Waals surface area contributed by atoms with Gasteiger partial charge < -0.3 is 9.84 Å². The first-order valence-corrected chi connectivity index (χ1v) is 5.37. The van der Waals surface area contributed by atoms with Crippen LogP contribution in [0.2, 0.25) is 0 Å². The van der Waals surface area contributed by atoms with Crippen molar-refractivity contribution >= 4 is 5.97 Å². The van der Waals surface area contributed by atoms with Gasteiger partial charge in [-0.1, -0.05) is 6.92 Å². The van der Waals surface area contributed by atoms with Crippen molar-refractivity contribution in [2.45, 2.75) is 39.7 Å². The molecule has 0 amide bonds. The number of carboxylic acid groups (broad SMARTS) is 1. The number of hydrogen-bond acceptors (Lipinski definition) is 3. The minimum absolute atomic E-state index is 0.0426. The van der Waals surface area contributed by atoms with E-state index in [1.54, 1.807) is 11.8 Å². The van der Waals surface area contributed by atoms with E-state index in [0.29, 0.717) is 17.9 Å². The van der Waals surface area contributed by atoms with Crippen molar-refractivity contribution in [3.8, 4) is 5.88 Å². The molecule has 0 fully saturated rings. The van der Waals surface area contributed by atoms with Gasteiger partial charge in [0, 0.05) is 5.56 Å². The maximum atomic E-state index is 10.8. The molecule has 1 aromatic rings. The second-order valence-corrected chi connectivity index (χ2v) is 3.90. The maximum Gasteiger partial charge on any atom is 0.308 e. The van der Waals surface area contributed by atoms with Gasteiger partial charge >= 0.3 is 5.97 Å². The van der Waals surface area contributed by atoms with Crippen molar-refractivity contribution in [1.29, 1.82) is 0 Å². The van der Waals surface area contributed by atoms with Crippen molar-refractivity contribution in [2.24, 2.45) is 0 Å². The fraction of sp³-hybridized carbons (Fsp3) is 0.636. The average molecular weight is 226 g/mol. The van der Waals surface area contributed by atoms with Crippen LogP contribution < -0.4 is 4.74 Å². The van der Waals surface area contributed by atoms with Gasteiger partial charge in [0.05, 0.1) is 25.3 Å². The molecular formula is C11H18N2O3. The Bertz CT molecular complexity index is 383. The lowest BCUT2D eigenvalue weighted by Gasteiger charge is -2.10. The summed E-state index contributed by atoms with van der Waals surface area (Å²) in [4.78, 5) is 10.8. The van der Waals surface area contributed by atoms with E-state index in [0.717, 1.165) is 5.69 Å². The fourth-order valence-corrected chi connectivity index (χ4v) is 1.68. The Morgan fingerprint density at radius 2 is 2.19 bits per heavy atom. The predicted octanol–water partition coefficient (Wildman–Crippen LogP) is 1.66. The van der Waals surface area contributed by atoms with E-state index in [1.165, 1.54) is 0 Å². The molecule has 0 aliphatic heterocycles. The Hall–Kier alpha value is -1.52. The van der Waals surface area contributed by atoms with Gasteiger partial charge in [0.1, 0.15) is 0 Å². The van der Waals surface area contributed by atoms with Gasteiger partial charge in [-0.25, -0.2) is 4.68 Å². The molecule has 0 atom stereocenters. The summed E-state index contributed by atoms with van der Waals surface area (Å²) >= 11 is 0. The summed E-state index contributed by atoms with van der Waals surface area (Å²) < 4.78 is 6.99. The Balaban J connectivity index is 3.25. The van der Waals surface area contributed by atoms with Crippen LogP contribution in [0.1, 0.15) is 38.1 Å². The molecule has 16 heavy (non-hydrogen) atoms. The molecule has 0 aromatic carbocycles. The molecule has 1 heterocycles. The highest BCUT2D eigenvalue weighted by atomic mass is 16.5. The van der Waals surface area contributed by atoms with E-state index in [2.05, 4.69) is 5.10 Å². The summed E-state index contributed by atoms with van der Waals surface area (Å²) in [5, 5.41) is 13.2. The number of carboxylic acids is 1. The van der Waals surface area contributed by atoms with Gasteiger partial charge in [-0.2, -0.15) is 5.10 Å². The van der Waals surface area contributed by atoms with Gasteiger partial charge in [0.25, 0.3) is 0 Å². The number of carbonyl (C=O) groups is 1. The van der Waals surface area contributed by atoms with Crippen LogP contribution in [0.15, 0.2) is 0 Å². The molecule has 0 aliphatic rings. The number of methoxy groups -OCH3 is 1. The number of aromatic nitrogens is 2. The third kappa shape index (κ3) is 2.35. The first-order chi connectivity index (χ1) is 7.51. The number of nitrogens with zero attached hydrogens (tertiary/aromatic N) is 2. The third-order valence-corrected chi connectivity index (χ3v) is 2.39. The summed E-state index contributed by atoms with van der Waals surface area (Å²) in [6.07, 6.45) is 0.664. The molecule has 0 unspecified atom stereocenters. The van der Waals surface area contributed by atoms with Crippen LogP contribution in [0.4, 0.5) is 0 Å². The highest BCUT2D eigenvalue weighted by Crippen LogP contribution is 2.26. The number of hydrogen-bond donors (Lipinski definition) is 1. The maximum absolute atomic E-state index is 10.8. The van der Waals surface area contributed by atoms with E-state index in [9.17, 15) is 4.79 Å². The van der Waals surface area contributed by atoms with E-state index in [-0.39, 0.29) is 12.5 Å². The van der Waals surface area contributed by atoms with Crippen LogP contribution in [-0.4, -0.2) is 28.0 Å². The number of rotatable bonds is 5. The zero-order valence-corrected chi connectivity index (χ0v) is 10.1. The van der Waals surface area contributed by atoms with Crippen LogP contribution in [0.5, 0.6) is 5.88 Å². The second-order valence-electron chi connectivity index (χ2n) is 3.90. The van der Waals surface area contributed by atoms with E-state index in [1.807, 2.05) is 20.8 Å². The molecule has 1 rings (SSSR count). The van der Waals surface area contributed by atoms with E-state index >= 15 is 0 Å². The number of aryl methyl sites for hydroxylation is 1. The molecule has 0 saturated carbocycles. The SMILES string of the molecule is CCc1nn(C(C)C)c(OC)c1CC(=O)O. The van der Waals surface area contributed by atoms with E-state index in [4.69, 9.17) is 9.84 Å². The number of ether oxygens (including phenoxy) is 1. The van der Waals surface area contributed by atoms with E-state index < -0.39 is 5.97 Å². The van der Waals surface area contributed by atoms with Crippen LogP contribution in [-0.2, 0) is 17.6 Å². The minimum Gasteiger partial charge on any atom is -0.481 e. The van der Waals surface area contributed by atoms with Crippen molar-refractivity contribution < 1.29 is 14.6 Å². The molecule has 0 radical (unpaired) electrons. The molecule has 5 heteroatoms. The predicted molar refractivity (Wildman–Crippen MR) is 59.9 cm³/mol. The zero-order valence-electron chi connectivity index (χ0n) is 10.1. The van der Waals surface area contributed by atoms with Crippen molar-refractivity contribution in [3.63, 3.8) is 0 Å². The average Bonchev–Trinajstić information content (AvgIpc) is 2.55. The van der Waals surface area contributed by atoms with Crippen LogP contribution >= 0.6 is 0 Å². The Morgan fingerprint density at radius 1 is 1.56 bits per heavy atom. The normalized spacial score (nSPS) is 10.8. The smallest absolute Gasteiger partial charge is 0.308 e. The molecule has 0 spiro atoms. The highest BCUT2D eigenvalue weighted by Gasteiger charge is 2.20. The summed E-state index contributed by atoms with van der Waals surface area (Å²) in [5.74, 6) is -0.300. The third-order valence-electron chi connectivity index (χ3n) is 2.39. The molecular weight excluding hydrogens is 208 g/mol. The lowest BCUT2D eigenvalue weighted by molar-refractivity contribution is -0.136. The molecule has 90 valence electrons. The zero-order chi connectivity index (χ0) is 12.3. The monoisotopic (exact) mass is 226 g/mol. The topological polar surface area (TPSA) is 64.4 Å². The molecule has 1 aromatic heterocycles. The van der Waals surface area contributed by atoms with Crippen LogP contribution in [0.3, 0.4) is 0 Å². The molecule has 1 N–H and O–H groups in total. The van der Waals surface area contributed by atoms with Crippen molar-refractivity contribution in [2.75, 3.05) is 7.11 Å². The Labute approximate surface area is 95.0 Å². The standard InChI is InChI=1S/C11H18N2O3/c1-5-9-8(6-10(14)15)11(16-4)13(12-9)7(2)3/h7H,5-6H2,1-4H3,(H,14,15). The summed E-state index contributed by atoms with van der Waals surface area (Å²) in [6.45, 7) is 5.93. The Morgan fingerprint density at radius 3 is 2.56 bits per heavy atom. The second kappa shape index (κ2) is 5.01. The molecule has 0 aliphatic carbocycles. The summed E-state index contributed by atoms with van der Waals surface area (Å²) in [5.41, 5.74) is 1.49. The fourth-order valence-electron chi connectivity index (χ4n) is 1.68. The molecule has 0 saturated heterocycles. The molecule has 5 nitrogen and oxygen atoms in total. The summed E-state index contributed by atoms with van der Waals surface area (Å²) in [7, 11) is 1.54. The van der Waals surface area contributed by atoms with Gasteiger partial charge in [-0.3, -0.25) is 4.79 Å². The van der Waals surface area contributed by atoms with Crippen LogP contribution in [0, 0.1) is 0 Å². The van der Waals surface area contributed by atoms with Gasteiger partial charge in [0.15, 0.2) is 0 Å². The first-order valence-electron chi connectivity index (χ1n) is 5.37. The first kappa shape index (κ1) is 12.5.